The van der Waals surface area contributed by atoms with Gasteiger partial charge in [-0.25, -0.2) is 0 Å². The van der Waals surface area contributed by atoms with Gasteiger partial charge in [-0.1, -0.05) is 93.7 Å². The number of aliphatic carboxylic acids is 1. The van der Waals surface area contributed by atoms with E-state index in [0.29, 0.717) is 0 Å². The molecule has 0 aliphatic rings. The average Bonchev–Trinajstić information content (AvgIpc) is 2.83. The Balaban J connectivity index is 4.81. The molecule has 2 nitrogen and oxygen atoms in total. The van der Waals surface area contributed by atoms with Crippen molar-refractivity contribution in [2.75, 3.05) is 0 Å². The third kappa shape index (κ3) is 18.3. The zero-order chi connectivity index (χ0) is 25.2. The Labute approximate surface area is 211 Å². The van der Waals surface area contributed by atoms with Crippen molar-refractivity contribution in [3.63, 3.8) is 0 Å². The molecule has 2 heteroatoms. The zero-order valence-corrected chi connectivity index (χ0v) is 22.4. The Morgan fingerprint density at radius 3 is 1.09 bits per heavy atom. The lowest BCUT2D eigenvalue weighted by atomic mass is 9.74. The molecule has 0 radical (unpaired) electrons. The molecular weight excluding hydrogens is 416 g/mol. The lowest BCUT2D eigenvalue weighted by molar-refractivity contribution is -0.150. The van der Waals surface area contributed by atoms with Gasteiger partial charge in [0.2, 0.25) is 0 Å². The van der Waals surface area contributed by atoms with Crippen molar-refractivity contribution in [1.82, 2.24) is 0 Å². The maximum absolute atomic E-state index is 12.5. The van der Waals surface area contributed by atoms with Gasteiger partial charge in [0.15, 0.2) is 0 Å². The maximum Gasteiger partial charge on any atom is 0.309 e. The monoisotopic (exact) mass is 468 g/mol. The highest BCUT2D eigenvalue weighted by molar-refractivity contribution is 5.74. The summed E-state index contributed by atoms with van der Waals surface area (Å²) in [5.74, 6) is -0.605. The van der Waals surface area contributed by atoms with E-state index < -0.39 is 11.4 Å². The smallest absolute Gasteiger partial charge is 0.309 e. The quantitative estimate of drug-likeness (QED) is 0.127. The first-order valence-electron chi connectivity index (χ1n) is 13.8. The first-order chi connectivity index (χ1) is 16.6. The molecule has 0 spiro atoms. The Bertz CT molecular complexity index is 567. The second kappa shape index (κ2) is 24.0. The first-order valence-corrected chi connectivity index (χ1v) is 13.8. The molecule has 0 fully saturated rings. The average molecular weight is 469 g/mol. The summed E-state index contributed by atoms with van der Waals surface area (Å²) in [6.07, 6.45) is 40.5. The molecule has 0 rings (SSSR count). The van der Waals surface area contributed by atoms with Gasteiger partial charge in [0.1, 0.15) is 0 Å². The van der Waals surface area contributed by atoms with Crippen molar-refractivity contribution in [2.45, 2.75) is 117 Å². The number of carboxylic acids is 1. The van der Waals surface area contributed by atoms with Crippen LogP contribution in [0.4, 0.5) is 0 Å². The Kier molecular flexibility index (Phi) is 22.6. The summed E-state index contributed by atoms with van der Waals surface area (Å²) in [5.41, 5.74) is -0.595. The van der Waals surface area contributed by atoms with Crippen LogP contribution in [-0.2, 0) is 4.79 Å². The summed E-state index contributed by atoms with van der Waals surface area (Å²) >= 11 is 0. The van der Waals surface area contributed by atoms with Crippen LogP contribution >= 0.6 is 0 Å². The molecule has 0 unspecified atom stereocenters. The summed E-state index contributed by atoms with van der Waals surface area (Å²) in [6.45, 7) is 6.43. The third-order valence-electron chi connectivity index (χ3n) is 6.06. The van der Waals surface area contributed by atoms with Crippen molar-refractivity contribution in [3.05, 3.63) is 72.9 Å². The predicted molar refractivity (Wildman–Crippen MR) is 151 cm³/mol. The summed E-state index contributed by atoms with van der Waals surface area (Å²) in [7, 11) is 0. The fourth-order valence-corrected chi connectivity index (χ4v) is 4.04. The van der Waals surface area contributed by atoms with Crippen molar-refractivity contribution in [3.8, 4) is 0 Å². The van der Waals surface area contributed by atoms with Crippen molar-refractivity contribution in [2.24, 2.45) is 5.41 Å². The van der Waals surface area contributed by atoms with Gasteiger partial charge in [0.05, 0.1) is 5.41 Å². The molecule has 192 valence electrons. The van der Waals surface area contributed by atoms with Crippen molar-refractivity contribution in [1.29, 1.82) is 0 Å². The van der Waals surface area contributed by atoms with Gasteiger partial charge in [0, 0.05) is 0 Å². The van der Waals surface area contributed by atoms with Crippen LogP contribution in [0.1, 0.15) is 117 Å². The molecule has 0 atom stereocenters. The van der Waals surface area contributed by atoms with Crippen molar-refractivity contribution >= 4 is 5.97 Å². The van der Waals surface area contributed by atoms with Gasteiger partial charge in [-0.2, -0.15) is 0 Å². The second-order valence-corrected chi connectivity index (χ2v) is 9.02. The highest BCUT2D eigenvalue weighted by atomic mass is 16.4. The Morgan fingerprint density at radius 2 is 0.824 bits per heavy atom. The van der Waals surface area contributed by atoms with E-state index in [9.17, 15) is 9.90 Å². The van der Waals surface area contributed by atoms with E-state index >= 15 is 0 Å². The van der Waals surface area contributed by atoms with Gasteiger partial charge in [-0.3, -0.25) is 4.79 Å². The largest absolute Gasteiger partial charge is 0.481 e. The number of rotatable bonds is 22. The van der Waals surface area contributed by atoms with Crippen LogP contribution in [0.2, 0.25) is 0 Å². The zero-order valence-electron chi connectivity index (χ0n) is 22.4. The molecule has 0 aromatic heterocycles. The molecule has 1 N–H and O–H groups in total. The molecule has 0 aliphatic heterocycles. The van der Waals surface area contributed by atoms with Crippen LogP contribution < -0.4 is 0 Å². The molecular formula is C32H52O2. The molecule has 0 aromatic rings. The molecule has 0 amide bonds. The Morgan fingerprint density at radius 1 is 0.529 bits per heavy atom. The number of carboxylic acid groups (broad SMARTS) is 1. The molecule has 0 bridgehead atoms. The SMILES string of the molecule is CC/C=C\C/C=C/CCCC(CCC/C=C/C/C=C\CC)(CCC/C=C/C/C=C\CC)C(=O)O. The van der Waals surface area contributed by atoms with Gasteiger partial charge >= 0.3 is 5.97 Å². The van der Waals surface area contributed by atoms with E-state index in [1.165, 1.54) is 0 Å². The summed E-state index contributed by atoms with van der Waals surface area (Å²) < 4.78 is 0. The summed E-state index contributed by atoms with van der Waals surface area (Å²) in [4.78, 5) is 12.5. The second-order valence-electron chi connectivity index (χ2n) is 9.02. The van der Waals surface area contributed by atoms with Crippen LogP contribution in [-0.4, -0.2) is 11.1 Å². The summed E-state index contributed by atoms with van der Waals surface area (Å²) in [5, 5.41) is 10.2. The molecule has 0 aliphatic carbocycles. The third-order valence-corrected chi connectivity index (χ3v) is 6.06. The van der Waals surface area contributed by atoms with Gasteiger partial charge < -0.3 is 5.11 Å². The maximum atomic E-state index is 12.5. The number of unbranched alkanes of at least 4 members (excludes halogenated alkanes) is 3. The highest BCUT2D eigenvalue weighted by Gasteiger charge is 2.36. The lowest BCUT2D eigenvalue weighted by Gasteiger charge is -2.29. The fraction of sp³-hybridized carbons (Fsp3) is 0.594. The number of hydrogen-bond acceptors (Lipinski definition) is 1. The number of allylic oxidation sites excluding steroid dienone is 12. The Hall–Kier alpha value is -2.09. The molecule has 0 saturated carbocycles. The fourth-order valence-electron chi connectivity index (χ4n) is 4.04. The minimum Gasteiger partial charge on any atom is -0.481 e. The molecule has 0 aromatic carbocycles. The minimum absolute atomic E-state index is 0.595. The van der Waals surface area contributed by atoms with Crippen LogP contribution in [0.15, 0.2) is 72.9 Å². The lowest BCUT2D eigenvalue weighted by Crippen LogP contribution is -2.31. The molecule has 0 saturated heterocycles. The summed E-state index contributed by atoms with van der Waals surface area (Å²) in [6, 6.07) is 0. The minimum atomic E-state index is -0.605. The van der Waals surface area contributed by atoms with Crippen molar-refractivity contribution < 1.29 is 9.90 Å². The standard InChI is InChI=1S/C32H52O2/c1-4-7-10-13-16-19-22-25-28-32(31(33)34,29-26-23-20-17-14-11-8-5-2)30-27-24-21-18-15-12-9-6-3/h7-12,16-21H,4-6,13-15,22-30H2,1-3H3,(H,33,34)/b10-7-,11-8-,12-9-,19-16+,20-17+,21-18+. The van der Waals surface area contributed by atoms with Gasteiger partial charge in [-0.05, 0) is 96.3 Å². The van der Waals surface area contributed by atoms with Crippen LogP contribution in [0.25, 0.3) is 0 Å². The number of hydrogen-bond donors (Lipinski definition) is 1. The van der Waals surface area contributed by atoms with Crippen LogP contribution in [0.5, 0.6) is 0 Å². The van der Waals surface area contributed by atoms with E-state index in [4.69, 9.17) is 0 Å². The topological polar surface area (TPSA) is 37.3 Å². The highest BCUT2D eigenvalue weighted by Crippen LogP contribution is 2.37. The first kappa shape index (κ1) is 31.9. The molecule has 34 heavy (non-hydrogen) atoms. The van der Waals surface area contributed by atoms with E-state index in [-0.39, 0.29) is 0 Å². The van der Waals surface area contributed by atoms with E-state index in [0.717, 1.165) is 96.3 Å². The van der Waals surface area contributed by atoms with Gasteiger partial charge in [-0.15, -0.1) is 0 Å². The van der Waals surface area contributed by atoms with E-state index in [2.05, 4.69) is 93.7 Å². The predicted octanol–water partition coefficient (Wildman–Crippen LogP) is 10.3. The van der Waals surface area contributed by atoms with Gasteiger partial charge in [0.25, 0.3) is 0 Å². The van der Waals surface area contributed by atoms with Crippen LogP contribution in [0, 0.1) is 5.41 Å². The van der Waals surface area contributed by atoms with Crippen LogP contribution in [0.3, 0.4) is 0 Å². The molecule has 0 heterocycles. The number of carbonyl (C=O) groups is 1. The van der Waals surface area contributed by atoms with E-state index in [1.807, 2.05) is 0 Å². The van der Waals surface area contributed by atoms with E-state index in [1.54, 1.807) is 0 Å². The normalized spacial score (nSPS) is 13.3.